The van der Waals surface area contributed by atoms with Gasteiger partial charge in [-0.1, -0.05) is 48.6 Å². The van der Waals surface area contributed by atoms with Gasteiger partial charge in [-0.2, -0.15) is 4.57 Å². The van der Waals surface area contributed by atoms with Crippen molar-refractivity contribution < 1.29 is 19.0 Å². The van der Waals surface area contributed by atoms with E-state index < -0.39 is 23.8 Å². The summed E-state index contributed by atoms with van der Waals surface area (Å²) in [7, 11) is 0. The second-order valence-electron chi connectivity index (χ2n) is 10.5. The Kier molecular flexibility index (Phi) is 7.40. The molecular formula is C35H33N4O3+. The summed E-state index contributed by atoms with van der Waals surface area (Å²) in [4.78, 5) is 40.2. The molecule has 3 aromatic rings. The van der Waals surface area contributed by atoms with Crippen LogP contribution in [0.1, 0.15) is 37.9 Å². The van der Waals surface area contributed by atoms with Crippen LogP contribution in [0.4, 0.5) is 10.5 Å². The van der Waals surface area contributed by atoms with E-state index in [9.17, 15) is 14.4 Å². The van der Waals surface area contributed by atoms with Crippen molar-refractivity contribution in [2.24, 2.45) is 5.92 Å². The molecule has 1 saturated heterocycles. The monoisotopic (exact) mass is 557 g/mol. The number of imide groups is 2. The van der Waals surface area contributed by atoms with Gasteiger partial charge in [-0.25, -0.2) is 4.79 Å². The first kappa shape index (κ1) is 27.1. The second-order valence-corrected chi connectivity index (χ2v) is 10.5. The van der Waals surface area contributed by atoms with Crippen LogP contribution in [0.2, 0.25) is 0 Å². The number of carbonyl (C=O) groups excluding carboxylic acids is 3. The van der Waals surface area contributed by atoms with Gasteiger partial charge >= 0.3 is 6.03 Å². The summed E-state index contributed by atoms with van der Waals surface area (Å²) >= 11 is 0. The number of urea groups is 1. The first-order valence-electron chi connectivity index (χ1n) is 14.4. The van der Waals surface area contributed by atoms with Crippen LogP contribution in [0.25, 0.3) is 23.1 Å². The molecule has 2 aliphatic heterocycles. The maximum Gasteiger partial charge on any atom is 0.328 e. The molecule has 0 spiro atoms. The highest BCUT2D eigenvalue weighted by atomic mass is 16.2. The number of aryl methyl sites for hydroxylation is 1. The molecule has 0 bridgehead atoms. The number of fused-ring (bicyclic) bond motifs is 2. The van der Waals surface area contributed by atoms with Gasteiger partial charge in [-0.15, -0.1) is 0 Å². The Labute approximate surface area is 245 Å². The SMILES string of the molecule is CCN1C(=CC=C2CCC(C=Cc3ccc4ccccc4[n+]3CC)=C2C2C(=O)NC(=O)NC2=O)C=Cc2ccccc21. The van der Waals surface area contributed by atoms with Gasteiger partial charge in [-0.05, 0) is 79.3 Å². The van der Waals surface area contributed by atoms with E-state index in [0.717, 1.165) is 57.8 Å². The van der Waals surface area contributed by atoms with Gasteiger partial charge in [0, 0.05) is 41.5 Å². The van der Waals surface area contributed by atoms with Crippen LogP contribution in [0, 0.1) is 5.92 Å². The highest BCUT2D eigenvalue weighted by molar-refractivity contribution is 6.18. The Morgan fingerprint density at radius 1 is 0.857 bits per heavy atom. The van der Waals surface area contributed by atoms with Gasteiger partial charge in [0.15, 0.2) is 0 Å². The maximum atomic E-state index is 13.0. The smallest absolute Gasteiger partial charge is 0.328 e. The topological polar surface area (TPSA) is 82.4 Å². The van der Waals surface area contributed by atoms with Gasteiger partial charge in [0.05, 0.1) is 0 Å². The number of barbiturate groups is 1. The van der Waals surface area contributed by atoms with E-state index in [4.69, 9.17) is 0 Å². The molecule has 2 N–H and O–H groups in total. The first-order valence-corrected chi connectivity index (χ1v) is 14.4. The number of hydrogen-bond acceptors (Lipinski definition) is 4. The highest BCUT2D eigenvalue weighted by Crippen LogP contribution is 2.39. The molecular weight excluding hydrogens is 524 g/mol. The molecule has 42 heavy (non-hydrogen) atoms. The summed E-state index contributed by atoms with van der Waals surface area (Å²) in [5.41, 5.74) is 7.99. The fourth-order valence-electron chi connectivity index (χ4n) is 6.17. The molecule has 0 saturated carbocycles. The van der Waals surface area contributed by atoms with Crippen molar-refractivity contribution in [3.63, 3.8) is 0 Å². The van der Waals surface area contributed by atoms with Crippen molar-refractivity contribution in [1.82, 2.24) is 10.6 Å². The van der Waals surface area contributed by atoms with E-state index in [1.165, 1.54) is 0 Å². The zero-order chi connectivity index (χ0) is 29.2. The molecule has 0 radical (unpaired) electrons. The predicted octanol–water partition coefficient (Wildman–Crippen LogP) is 5.60. The number of pyridine rings is 1. The Balaban J connectivity index is 1.42. The lowest BCUT2D eigenvalue weighted by molar-refractivity contribution is -0.669. The van der Waals surface area contributed by atoms with Crippen LogP contribution >= 0.6 is 0 Å². The van der Waals surface area contributed by atoms with Crippen molar-refractivity contribution in [3.8, 4) is 0 Å². The zero-order valence-corrected chi connectivity index (χ0v) is 23.8. The van der Waals surface area contributed by atoms with Crippen molar-refractivity contribution in [1.29, 1.82) is 0 Å². The summed E-state index contributed by atoms with van der Waals surface area (Å²) in [5, 5.41) is 5.74. The summed E-state index contributed by atoms with van der Waals surface area (Å²) in [6.07, 6.45) is 13.7. The number of nitrogens with zero attached hydrogens (tertiary/aromatic N) is 2. The number of carbonyl (C=O) groups is 3. The molecule has 3 heterocycles. The first-order chi connectivity index (χ1) is 20.5. The Bertz CT molecular complexity index is 1760. The predicted molar refractivity (Wildman–Crippen MR) is 165 cm³/mol. The summed E-state index contributed by atoms with van der Waals surface area (Å²) in [5.74, 6) is -2.29. The molecule has 1 aromatic heterocycles. The average Bonchev–Trinajstić information content (AvgIpc) is 3.39. The van der Waals surface area contributed by atoms with Crippen LogP contribution in [0.5, 0.6) is 0 Å². The molecule has 2 aromatic carbocycles. The fraction of sp³-hybridized carbons (Fsp3) is 0.200. The largest absolute Gasteiger partial charge is 0.341 e. The van der Waals surface area contributed by atoms with Gasteiger partial charge in [-0.3, -0.25) is 20.2 Å². The number of allylic oxidation sites excluding steroid dienone is 6. The average molecular weight is 558 g/mol. The summed E-state index contributed by atoms with van der Waals surface area (Å²) in [6, 6.07) is 19.9. The number of aromatic nitrogens is 1. The highest BCUT2D eigenvalue weighted by Gasteiger charge is 2.40. The standard InChI is InChI=1S/C35H32N4O3/c1-3-38-27(19-15-23-9-5-7-11-29(23)38)21-17-25-13-14-26(31(25)32-33(40)36-35(42)37-34(32)41)18-22-28-20-16-24-10-6-8-12-30(24)39(28)4-2/h5-12,15-22,32H,3-4,13-14H2,1-2H3,(H-,36,37,40,41,42)/p+1. The zero-order valence-electron chi connectivity index (χ0n) is 23.8. The third-order valence-electron chi connectivity index (χ3n) is 8.13. The molecule has 1 fully saturated rings. The Morgan fingerprint density at radius 2 is 1.62 bits per heavy atom. The molecule has 6 rings (SSSR count). The third kappa shape index (κ3) is 4.98. The molecule has 4 amide bonds. The van der Waals surface area contributed by atoms with Crippen molar-refractivity contribution >= 4 is 46.6 Å². The van der Waals surface area contributed by atoms with E-state index in [1.807, 2.05) is 36.4 Å². The quantitative estimate of drug-likeness (QED) is 0.306. The number of rotatable bonds is 6. The van der Waals surface area contributed by atoms with Crippen LogP contribution in [0.15, 0.2) is 107 Å². The molecule has 210 valence electrons. The molecule has 1 aliphatic carbocycles. The normalized spacial score (nSPS) is 19.4. The number of nitrogens with one attached hydrogen (secondary N) is 2. The van der Waals surface area contributed by atoms with Crippen molar-refractivity contribution in [2.75, 3.05) is 11.4 Å². The van der Waals surface area contributed by atoms with E-state index in [0.29, 0.717) is 18.4 Å². The number of likely N-dealkylation sites (N-methyl/N-ethyl adjacent to an activating group) is 1. The molecule has 0 atom stereocenters. The van der Waals surface area contributed by atoms with Gasteiger partial charge in [0.25, 0.3) is 0 Å². The van der Waals surface area contributed by atoms with Gasteiger partial charge in [0.2, 0.25) is 23.0 Å². The number of hydrogen-bond donors (Lipinski definition) is 2. The third-order valence-corrected chi connectivity index (χ3v) is 8.13. The van der Waals surface area contributed by atoms with Crippen molar-refractivity contribution in [3.05, 3.63) is 119 Å². The minimum absolute atomic E-state index is 0.596. The summed E-state index contributed by atoms with van der Waals surface area (Å²) < 4.78 is 2.24. The fourth-order valence-corrected chi connectivity index (χ4v) is 6.17. The number of anilines is 1. The number of amides is 4. The van der Waals surface area contributed by atoms with Gasteiger partial charge < -0.3 is 4.90 Å². The van der Waals surface area contributed by atoms with E-state index in [1.54, 1.807) is 0 Å². The molecule has 7 heteroatoms. The van der Waals surface area contributed by atoms with E-state index >= 15 is 0 Å². The maximum absolute atomic E-state index is 13.0. The van der Waals surface area contributed by atoms with E-state index in [2.05, 4.69) is 94.7 Å². The van der Waals surface area contributed by atoms with Gasteiger partial charge in [0.1, 0.15) is 12.5 Å². The van der Waals surface area contributed by atoms with Crippen LogP contribution in [-0.4, -0.2) is 24.4 Å². The second kappa shape index (κ2) is 11.4. The lowest BCUT2D eigenvalue weighted by Crippen LogP contribution is -2.56. The molecule has 0 unspecified atom stereocenters. The minimum Gasteiger partial charge on any atom is -0.341 e. The Hall–Kier alpha value is -5.04. The lowest BCUT2D eigenvalue weighted by atomic mass is 9.89. The summed E-state index contributed by atoms with van der Waals surface area (Å²) in [6.45, 7) is 5.82. The lowest BCUT2D eigenvalue weighted by Gasteiger charge is -2.29. The number of benzene rings is 2. The van der Waals surface area contributed by atoms with Crippen molar-refractivity contribution in [2.45, 2.75) is 33.2 Å². The van der Waals surface area contributed by atoms with E-state index in [-0.39, 0.29) is 0 Å². The molecule has 7 nitrogen and oxygen atoms in total. The number of para-hydroxylation sites is 2. The van der Waals surface area contributed by atoms with Crippen LogP contribution < -0.4 is 20.1 Å². The minimum atomic E-state index is -1.10. The Morgan fingerprint density at radius 3 is 2.40 bits per heavy atom. The molecule has 3 aliphatic rings. The van der Waals surface area contributed by atoms with Crippen LogP contribution in [0.3, 0.4) is 0 Å². The van der Waals surface area contributed by atoms with Crippen LogP contribution in [-0.2, 0) is 16.1 Å².